The Kier molecular flexibility index (Phi) is 5.76. The number of rotatable bonds is 8. The summed E-state index contributed by atoms with van der Waals surface area (Å²) in [6, 6.07) is 12.8. The highest BCUT2D eigenvalue weighted by molar-refractivity contribution is 6.09. The number of esters is 1. The van der Waals surface area contributed by atoms with Crippen LogP contribution < -0.4 is 0 Å². The summed E-state index contributed by atoms with van der Waals surface area (Å²) < 4.78 is 5.29. The highest BCUT2D eigenvalue weighted by Crippen LogP contribution is 2.53. The second kappa shape index (κ2) is 8.90. The van der Waals surface area contributed by atoms with Crippen LogP contribution >= 0.6 is 0 Å². The number of likely N-dealkylation sites (tertiary alicyclic amines) is 1. The van der Waals surface area contributed by atoms with Crippen molar-refractivity contribution in [3.63, 3.8) is 0 Å². The number of nitrogens with zero attached hydrogens (tertiary/aromatic N) is 2. The fourth-order valence-electron chi connectivity index (χ4n) is 5.44. The van der Waals surface area contributed by atoms with Gasteiger partial charge in [-0.1, -0.05) is 42.5 Å². The van der Waals surface area contributed by atoms with Gasteiger partial charge in [0.1, 0.15) is 6.04 Å². The fraction of sp³-hybridized carbons (Fsp3) is 0.308. The van der Waals surface area contributed by atoms with Crippen molar-refractivity contribution in [2.75, 3.05) is 6.61 Å². The zero-order valence-electron chi connectivity index (χ0n) is 18.6. The molecule has 0 aromatic heterocycles. The van der Waals surface area contributed by atoms with Crippen molar-refractivity contribution in [3.8, 4) is 0 Å². The number of carbonyl (C=O) groups excluding carboxylic acids is 4. The third-order valence-corrected chi connectivity index (χ3v) is 7.11. The molecular formula is C26H22N2O7. The number of fused-ring (bicyclic) bond motifs is 5. The Balaban J connectivity index is 1.34. The molecule has 178 valence electrons. The van der Waals surface area contributed by atoms with E-state index in [-0.39, 0.29) is 41.3 Å². The summed E-state index contributed by atoms with van der Waals surface area (Å²) >= 11 is 0. The number of ketones is 1. The van der Waals surface area contributed by atoms with Crippen LogP contribution in [0.5, 0.6) is 0 Å². The van der Waals surface area contributed by atoms with E-state index in [0.29, 0.717) is 0 Å². The minimum atomic E-state index is -1.19. The molecule has 5 rings (SSSR count). The van der Waals surface area contributed by atoms with Gasteiger partial charge >= 0.3 is 5.97 Å². The van der Waals surface area contributed by atoms with Crippen LogP contribution in [0.25, 0.3) is 0 Å². The number of nitro benzene ring substituents is 1. The van der Waals surface area contributed by atoms with Gasteiger partial charge in [0.15, 0.2) is 12.4 Å². The summed E-state index contributed by atoms with van der Waals surface area (Å²) in [5.74, 6) is -3.02. The lowest BCUT2D eigenvalue weighted by atomic mass is 9.85. The molecule has 5 atom stereocenters. The molecular weight excluding hydrogens is 452 g/mol. The first-order valence-corrected chi connectivity index (χ1v) is 11.4. The van der Waals surface area contributed by atoms with E-state index < -0.39 is 41.2 Å². The number of carbonyl (C=O) groups is 4. The summed E-state index contributed by atoms with van der Waals surface area (Å²) in [7, 11) is 0. The number of Topliss-reactive ketones (excluding diaryl/α,β-unsaturated/α-hetero) is 1. The van der Waals surface area contributed by atoms with Crippen molar-refractivity contribution >= 4 is 29.3 Å². The number of non-ortho nitro benzene ring substituents is 1. The Morgan fingerprint density at radius 1 is 0.971 bits per heavy atom. The smallest absolute Gasteiger partial charge is 0.330 e. The van der Waals surface area contributed by atoms with E-state index in [9.17, 15) is 29.3 Å². The van der Waals surface area contributed by atoms with Gasteiger partial charge in [-0.2, -0.15) is 0 Å². The Labute approximate surface area is 200 Å². The average molecular weight is 474 g/mol. The van der Waals surface area contributed by atoms with Crippen LogP contribution in [0.1, 0.15) is 22.3 Å². The zero-order valence-corrected chi connectivity index (χ0v) is 18.6. The number of ether oxygens (including phenoxy) is 1. The first-order chi connectivity index (χ1) is 16.8. The molecule has 0 N–H and O–H groups in total. The van der Waals surface area contributed by atoms with Crippen molar-refractivity contribution in [2.45, 2.75) is 18.9 Å². The third kappa shape index (κ3) is 4.03. The van der Waals surface area contributed by atoms with Crippen LogP contribution in [0.15, 0.2) is 66.7 Å². The summed E-state index contributed by atoms with van der Waals surface area (Å²) in [6.07, 6.45) is 4.81. The lowest BCUT2D eigenvalue weighted by Gasteiger charge is -2.26. The molecule has 2 aromatic carbocycles. The SMILES string of the molecule is O=C(COC(=O)C(Cc1ccccc1)N1C(=O)C2C3C=CC(C3)C2C1=O)c1ccc([N+](=O)[O-])cc1. The second-order valence-electron chi connectivity index (χ2n) is 9.09. The van der Waals surface area contributed by atoms with Gasteiger partial charge in [0.2, 0.25) is 11.8 Å². The van der Waals surface area contributed by atoms with E-state index >= 15 is 0 Å². The van der Waals surface area contributed by atoms with Gasteiger partial charge in [0, 0.05) is 24.1 Å². The molecule has 0 spiro atoms. The predicted molar refractivity (Wildman–Crippen MR) is 122 cm³/mol. The monoisotopic (exact) mass is 474 g/mol. The molecule has 2 amide bonds. The minimum Gasteiger partial charge on any atom is -0.456 e. The lowest BCUT2D eigenvalue weighted by Crippen LogP contribution is -2.48. The first kappa shape index (κ1) is 22.6. The zero-order chi connectivity index (χ0) is 24.7. The molecule has 1 saturated carbocycles. The minimum absolute atomic E-state index is 0.00330. The maximum atomic E-state index is 13.3. The highest BCUT2D eigenvalue weighted by atomic mass is 16.6. The Morgan fingerprint density at radius 2 is 1.57 bits per heavy atom. The summed E-state index contributed by atoms with van der Waals surface area (Å²) in [6.45, 7) is -0.613. The molecule has 2 fully saturated rings. The molecule has 1 aliphatic heterocycles. The summed E-state index contributed by atoms with van der Waals surface area (Å²) in [5, 5.41) is 10.8. The second-order valence-corrected chi connectivity index (χ2v) is 9.09. The van der Waals surface area contributed by atoms with E-state index in [1.54, 1.807) is 24.3 Å². The number of allylic oxidation sites excluding steroid dienone is 2. The molecule has 2 aromatic rings. The standard InChI is InChI=1S/C26H22N2O7/c29-21(16-8-10-19(11-9-16)28(33)34)14-35-26(32)20(12-15-4-2-1-3-5-15)27-24(30)22-17-6-7-18(13-17)23(22)25(27)31/h1-11,17-18,20,22-23H,12-14H2. The fourth-order valence-corrected chi connectivity index (χ4v) is 5.44. The quantitative estimate of drug-likeness (QED) is 0.144. The number of amides is 2. The van der Waals surface area contributed by atoms with E-state index in [0.717, 1.165) is 16.9 Å². The molecule has 9 heteroatoms. The molecule has 1 heterocycles. The van der Waals surface area contributed by atoms with Crippen molar-refractivity contribution in [3.05, 3.63) is 88.0 Å². The molecule has 9 nitrogen and oxygen atoms in total. The van der Waals surface area contributed by atoms with Gasteiger partial charge in [0.25, 0.3) is 5.69 Å². The van der Waals surface area contributed by atoms with E-state index in [4.69, 9.17) is 4.74 Å². The highest BCUT2D eigenvalue weighted by Gasteiger charge is 2.61. The van der Waals surface area contributed by atoms with Gasteiger partial charge < -0.3 is 4.74 Å². The average Bonchev–Trinajstić information content (AvgIpc) is 3.55. The van der Waals surface area contributed by atoms with Crippen molar-refractivity contribution < 1.29 is 28.8 Å². The normalized spacial score (nSPS) is 25.0. The van der Waals surface area contributed by atoms with Crippen LogP contribution in [0.4, 0.5) is 5.69 Å². The molecule has 35 heavy (non-hydrogen) atoms. The maximum absolute atomic E-state index is 13.3. The van der Waals surface area contributed by atoms with Gasteiger partial charge in [-0.05, 0) is 36.0 Å². The van der Waals surface area contributed by atoms with Crippen LogP contribution in [-0.4, -0.2) is 46.0 Å². The van der Waals surface area contributed by atoms with Crippen molar-refractivity contribution in [2.24, 2.45) is 23.7 Å². The molecule has 2 bridgehead atoms. The topological polar surface area (TPSA) is 124 Å². The molecule has 2 aliphatic carbocycles. The molecule has 3 aliphatic rings. The molecule has 0 radical (unpaired) electrons. The Hall–Kier alpha value is -4.14. The molecule has 5 unspecified atom stereocenters. The van der Waals surface area contributed by atoms with E-state index in [1.807, 2.05) is 18.2 Å². The lowest BCUT2D eigenvalue weighted by molar-refractivity contribution is -0.384. The van der Waals surface area contributed by atoms with E-state index in [1.165, 1.54) is 24.3 Å². The number of hydrogen-bond acceptors (Lipinski definition) is 7. The van der Waals surface area contributed by atoms with Gasteiger partial charge in [-0.3, -0.25) is 29.4 Å². The predicted octanol–water partition coefficient (Wildman–Crippen LogP) is 2.74. The van der Waals surface area contributed by atoms with Gasteiger partial charge in [0.05, 0.1) is 16.8 Å². The van der Waals surface area contributed by atoms with Gasteiger partial charge in [-0.25, -0.2) is 4.79 Å². The Bertz CT molecular complexity index is 1210. The van der Waals surface area contributed by atoms with Crippen molar-refractivity contribution in [1.29, 1.82) is 0 Å². The van der Waals surface area contributed by atoms with Crippen LogP contribution in [-0.2, 0) is 25.5 Å². The molecule has 1 saturated heterocycles. The number of imide groups is 1. The van der Waals surface area contributed by atoms with Crippen LogP contribution in [0.3, 0.4) is 0 Å². The van der Waals surface area contributed by atoms with E-state index in [2.05, 4.69) is 0 Å². The number of benzene rings is 2. The van der Waals surface area contributed by atoms with Crippen molar-refractivity contribution in [1.82, 2.24) is 4.90 Å². The summed E-state index contributed by atoms with van der Waals surface area (Å²) in [4.78, 5) is 63.6. The third-order valence-electron chi connectivity index (χ3n) is 7.11. The number of hydrogen-bond donors (Lipinski definition) is 0. The number of nitro groups is 1. The first-order valence-electron chi connectivity index (χ1n) is 11.4. The Morgan fingerprint density at radius 3 is 2.14 bits per heavy atom. The largest absolute Gasteiger partial charge is 0.456 e. The summed E-state index contributed by atoms with van der Waals surface area (Å²) in [5.41, 5.74) is 0.727. The van der Waals surface area contributed by atoms with Gasteiger partial charge in [-0.15, -0.1) is 0 Å². The van der Waals surface area contributed by atoms with Crippen LogP contribution in [0.2, 0.25) is 0 Å². The maximum Gasteiger partial charge on any atom is 0.330 e. The van der Waals surface area contributed by atoms with Crippen LogP contribution in [0, 0.1) is 33.8 Å².